The average molecular weight is 199 g/mol. The van der Waals surface area contributed by atoms with Gasteiger partial charge in [-0.2, -0.15) is 0 Å². The Bertz CT molecular complexity index is 143. The SMILES string of the molecule is CC=CCOC(C)CNCCC(C)C. The van der Waals surface area contributed by atoms with Gasteiger partial charge in [0, 0.05) is 6.54 Å². The van der Waals surface area contributed by atoms with Crippen LogP contribution in [0, 0.1) is 5.92 Å². The van der Waals surface area contributed by atoms with Gasteiger partial charge in [-0.05, 0) is 32.7 Å². The maximum absolute atomic E-state index is 5.54. The van der Waals surface area contributed by atoms with Crippen molar-refractivity contribution in [2.75, 3.05) is 19.7 Å². The largest absolute Gasteiger partial charge is 0.373 e. The Kier molecular flexibility index (Phi) is 9.00. The quantitative estimate of drug-likeness (QED) is 0.479. The van der Waals surface area contributed by atoms with Gasteiger partial charge in [-0.1, -0.05) is 26.0 Å². The molecule has 84 valence electrons. The Hall–Kier alpha value is -0.340. The second kappa shape index (κ2) is 9.22. The van der Waals surface area contributed by atoms with Gasteiger partial charge in [-0.25, -0.2) is 0 Å². The third kappa shape index (κ3) is 9.75. The van der Waals surface area contributed by atoms with Crippen molar-refractivity contribution < 1.29 is 4.74 Å². The second-order valence-corrected chi connectivity index (χ2v) is 4.10. The molecule has 0 radical (unpaired) electrons. The molecule has 0 spiro atoms. The van der Waals surface area contributed by atoms with Crippen molar-refractivity contribution >= 4 is 0 Å². The normalized spacial score (nSPS) is 14.1. The Morgan fingerprint density at radius 2 is 2.00 bits per heavy atom. The number of allylic oxidation sites excluding steroid dienone is 1. The van der Waals surface area contributed by atoms with Crippen LogP contribution in [-0.4, -0.2) is 25.8 Å². The number of rotatable bonds is 8. The van der Waals surface area contributed by atoms with E-state index in [4.69, 9.17) is 4.74 Å². The van der Waals surface area contributed by atoms with E-state index >= 15 is 0 Å². The van der Waals surface area contributed by atoms with E-state index in [0.29, 0.717) is 6.10 Å². The highest BCUT2D eigenvalue weighted by molar-refractivity contribution is 4.76. The molecule has 0 aromatic heterocycles. The lowest BCUT2D eigenvalue weighted by Crippen LogP contribution is -2.28. The van der Waals surface area contributed by atoms with Crippen molar-refractivity contribution in [3.8, 4) is 0 Å². The highest BCUT2D eigenvalue weighted by Gasteiger charge is 2.00. The van der Waals surface area contributed by atoms with Crippen molar-refractivity contribution in [3.05, 3.63) is 12.2 Å². The number of hydrogen-bond donors (Lipinski definition) is 1. The molecule has 0 bridgehead atoms. The van der Waals surface area contributed by atoms with Gasteiger partial charge in [0.1, 0.15) is 0 Å². The van der Waals surface area contributed by atoms with Crippen LogP contribution < -0.4 is 5.32 Å². The molecular weight excluding hydrogens is 174 g/mol. The number of ether oxygens (including phenoxy) is 1. The standard InChI is InChI=1S/C12H25NO/c1-5-6-9-14-12(4)10-13-8-7-11(2)3/h5-6,11-13H,7-10H2,1-4H3. The smallest absolute Gasteiger partial charge is 0.0675 e. The molecule has 1 N–H and O–H groups in total. The fourth-order valence-electron chi connectivity index (χ4n) is 1.07. The summed E-state index contributed by atoms with van der Waals surface area (Å²) < 4.78 is 5.54. The molecule has 0 saturated carbocycles. The van der Waals surface area contributed by atoms with E-state index in [9.17, 15) is 0 Å². The first kappa shape index (κ1) is 13.7. The van der Waals surface area contributed by atoms with Crippen LogP contribution in [0.15, 0.2) is 12.2 Å². The third-order valence-corrected chi connectivity index (χ3v) is 2.04. The molecule has 0 aromatic rings. The second-order valence-electron chi connectivity index (χ2n) is 4.10. The van der Waals surface area contributed by atoms with E-state index in [0.717, 1.165) is 25.6 Å². The molecule has 0 aliphatic carbocycles. The first-order valence-corrected chi connectivity index (χ1v) is 5.60. The third-order valence-electron chi connectivity index (χ3n) is 2.04. The van der Waals surface area contributed by atoms with Gasteiger partial charge in [0.25, 0.3) is 0 Å². The van der Waals surface area contributed by atoms with Gasteiger partial charge in [0.15, 0.2) is 0 Å². The maximum atomic E-state index is 5.54. The minimum atomic E-state index is 0.304. The zero-order valence-corrected chi connectivity index (χ0v) is 10.0. The first-order chi connectivity index (χ1) is 6.66. The molecular formula is C12H25NO. The lowest BCUT2D eigenvalue weighted by Gasteiger charge is -2.13. The monoisotopic (exact) mass is 199 g/mol. The predicted molar refractivity (Wildman–Crippen MR) is 62.6 cm³/mol. The Balaban J connectivity index is 3.22. The van der Waals surface area contributed by atoms with Gasteiger partial charge in [-0.3, -0.25) is 0 Å². The summed E-state index contributed by atoms with van der Waals surface area (Å²) in [4.78, 5) is 0. The molecule has 0 saturated heterocycles. The zero-order valence-electron chi connectivity index (χ0n) is 10.0. The van der Waals surface area contributed by atoms with Gasteiger partial charge in [-0.15, -0.1) is 0 Å². The highest BCUT2D eigenvalue weighted by atomic mass is 16.5. The fraction of sp³-hybridized carbons (Fsp3) is 0.833. The predicted octanol–water partition coefficient (Wildman–Crippen LogP) is 2.60. The highest BCUT2D eigenvalue weighted by Crippen LogP contribution is 1.96. The molecule has 14 heavy (non-hydrogen) atoms. The van der Waals surface area contributed by atoms with Crippen LogP contribution in [0.4, 0.5) is 0 Å². The molecule has 2 nitrogen and oxygen atoms in total. The van der Waals surface area contributed by atoms with Crippen LogP contribution in [0.3, 0.4) is 0 Å². The fourth-order valence-corrected chi connectivity index (χ4v) is 1.07. The van der Waals surface area contributed by atoms with Crippen molar-refractivity contribution in [2.45, 2.75) is 40.2 Å². The minimum Gasteiger partial charge on any atom is -0.373 e. The van der Waals surface area contributed by atoms with Crippen LogP contribution in [0.1, 0.15) is 34.1 Å². The zero-order chi connectivity index (χ0) is 10.8. The first-order valence-electron chi connectivity index (χ1n) is 5.60. The number of nitrogens with one attached hydrogen (secondary N) is 1. The molecule has 0 fully saturated rings. The molecule has 1 atom stereocenters. The van der Waals surface area contributed by atoms with E-state index in [-0.39, 0.29) is 0 Å². The molecule has 0 aromatic carbocycles. The topological polar surface area (TPSA) is 21.3 Å². The van der Waals surface area contributed by atoms with Crippen molar-refractivity contribution in [1.82, 2.24) is 5.32 Å². The van der Waals surface area contributed by atoms with Crippen LogP contribution in [0.25, 0.3) is 0 Å². The van der Waals surface area contributed by atoms with Crippen LogP contribution in [0.5, 0.6) is 0 Å². The molecule has 0 aliphatic rings. The summed E-state index contributed by atoms with van der Waals surface area (Å²) in [6.07, 6.45) is 5.59. The van der Waals surface area contributed by atoms with Gasteiger partial charge < -0.3 is 10.1 Å². The van der Waals surface area contributed by atoms with Crippen LogP contribution in [-0.2, 0) is 4.74 Å². The van der Waals surface area contributed by atoms with E-state index in [1.807, 2.05) is 19.1 Å². The summed E-state index contributed by atoms with van der Waals surface area (Å²) in [6, 6.07) is 0. The minimum absolute atomic E-state index is 0.304. The Labute approximate surface area is 88.7 Å². The summed E-state index contributed by atoms with van der Waals surface area (Å²) in [5.41, 5.74) is 0. The van der Waals surface area contributed by atoms with E-state index in [2.05, 4.69) is 26.1 Å². The summed E-state index contributed by atoms with van der Waals surface area (Å²) in [7, 11) is 0. The Morgan fingerprint density at radius 3 is 2.57 bits per heavy atom. The summed E-state index contributed by atoms with van der Waals surface area (Å²) in [5, 5.41) is 3.39. The van der Waals surface area contributed by atoms with Gasteiger partial charge in [0.05, 0.1) is 12.7 Å². The summed E-state index contributed by atoms with van der Waals surface area (Å²) in [5.74, 6) is 0.779. The van der Waals surface area contributed by atoms with Crippen LogP contribution >= 0.6 is 0 Å². The van der Waals surface area contributed by atoms with Crippen molar-refractivity contribution in [2.24, 2.45) is 5.92 Å². The molecule has 0 aliphatic heterocycles. The van der Waals surface area contributed by atoms with Gasteiger partial charge >= 0.3 is 0 Å². The molecule has 0 amide bonds. The molecule has 0 rings (SSSR count). The lowest BCUT2D eigenvalue weighted by atomic mass is 10.1. The number of hydrogen-bond acceptors (Lipinski definition) is 2. The molecule has 2 heteroatoms. The maximum Gasteiger partial charge on any atom is 0.0675 e. The van der Waals surface area contributed by atoms with Gasteiger partial charge in [0.2, 0.25) is 0 Å². The Morgan fingerprint density at radius 1 is 1.29 bits per heavy atom. The van der Waals surface area contributed by atoms with E-state index < -0.39 is 0 Å². The average Bonchev–Trinajstić information content (AvgIpc) is 2.13. The summed E-state index contributed by atoms with van der Waals surface area (Å²) >= 11 is 0. The summed E-state index contributed by atoms with van der Waals surface area (Å²) in [6.45, 7) is 11.4. The van der Waals surface area contributed by atoms with E-state index in [1.54, 1.807) is 0 Å². The van der Waals surface area contributed by atoms with Crippen molar-refractivity contribution in [3.63, 3.8) is 0 Å². The molecule has 0 heterocycles. The van der Waals surface area contributed by atoms with E-state index in [1.165, 1.54) is 6.42 Å². The van der Waals surface area contributed by atoms with Crippen LogP contribution in [0.2, 0.25) is 0 Å². The molecule has 1 unspecified atom stereocenters. The van der Waals surface area contributed by atoms with Crippen molar-refractivity contribution in [1.29, 1.82) is 0 Å². The lowest BCUT2D eigenvalue weighted by molar-refractivity contribution is 0.0877.